The summed E-state index contributed by atoms with van der Waals surface area (Å²) in [6.45, 7) is -1.70. The van der Waals surface area contributed by atoms with Gasteiger partial charge >= 0.3 is 5.97 Å². The molecule has 0 bridgehead atoms. The first-order valence-electron chi connectivity index (χ1n) is 4.11. The standard InChI is InChI=1S/C8H16O6/c1-7(2-9,3-10)8(4-11,5-12)6(13)14/h9-12H,2-5H2,1H3,(H,13,14). The second-order valence-corrected chi connectivity index (χ2v) is 3.58. The molecule has 14 heavy (non-hydrogen) atoms. The van der Waals surface area contributed by atoms with Crippen molar-refractivity contribution >= 4 is 5.97 Å². The molecule has 0 aromatic carbocycles. The van der Waals surface area contributed by atoms with Crippen LogP contribution in [0.3, 0.4) is 0 Å². The molecule has 6 heteroatoms. The Balaban J connectivity index is 5.25. The second kappa shape index (κ2) is 4.70. The Morgan fingerprint density at radius 3 is 1.43 bits per heavy atom. The molecular weight excluding hydrogens is 192 g/mol. The number of aliphatic carboxylic acids is 1. The summed E-state index contributed by atoms with van der Waals surface area (Å²) in [4.78, 5) is 10.9. The quantitative estimate of drug-likeness (QED) is 0.345. The van der Waals surface area contributed by atoms with Crippen molar-refractivity contribution in [2.75, 3.05) is 26.4 Å². The van der Waals surface area contributed by atoms with E-state index in [1.54, 1.807) is 0 Å². The van der Waals surface area contributed by atoms with Crippen LogP contribution in [0, 0.1) is 10.8 Å². The second-order valence-electron chi connectivity index (χ2n) is 3.58. The first-order valence-corrected chi connectivity index (χ1v) is 4.11. The summed E-state index contributed by atoms with van der Waals surface area (Å²) in [5, 5.41) is 44.8. The lowest BCUT2D eigenvalue weighted by atomic mass is 9.66. The van der Waals surface area contributed by atoms with Gasteiger partial charge < -0.3 is 25.5 Å². The summed E-state index contributed by atoms with van der Waals surface area (Å²) in [6.07, 6.45) is 0. The summed E-state index contributed by atoms with van der Waals surface area (Å²) in [6, 6.07) is 0. The molecule has 0 saturated heterocycles. The minimum atomic E-state index is -1.93. The van der Waals surface area contributed by atoms with Gasteiger partial charge in [0.25, 0.3) is 0 Å². The van der Waals surface area contributed by atoms with Crippen LogP contribution >= 0.6 is 0 Å². The van der Waals surface area contributed by atoms with Gasteiger partial charge in [-0.25, -0.2) is 0 Å². The molecule has 0 fully saturated rings. The predicted octanol–water partition coefficient (Wildman–Crippen LogP) is -1.97. The highest BCUT2D eigenvalue weighted by Gasteiger charge is 2.53. The molecule has 5 N–H and O–H groups in total. The molecule has 6 nitrogen and oxygen atoms in total. The van der Waals surface area contributed by atoms with E-state index in [1.165, 1.54) is 6.92 Å². The van der Waals surface area contributed by atoms with Crippen LogP contribution in [0.15, 0.2) is 0 Å². The van der Waals surface area contributed by atoms with Crippen LogP contribution in [0.25, 0.3) is 0 Å². The summed E-state index contributed by atoms with van der Waals surface area (Å²) in [5.41, 5.74) is -3.40. The van der Waals surface area contributed by atoms with Crippen molar-refractivity contribution in [2.45, 2.75) is 6.92 Å². The molecule has 0 radical (unpaired) electrons. The third-order valence-electron chi connectivity index (χ3n) is 2.80. The lowest BCUT2D eigenvalue weighted by molar-refractivity contribution is -0.176. The maximum atomic E-state index is 10.9. The predicted molar refractivity (Wildman–Crippen MR) is 46.5 cm³/mol. The van der Waals surface area contributed by atoms with Gasteiger partial charge in [0.05, 0.1) is 26.4 Å². The molecule has 0 atom stereocenters. The number of hydrogen-bond donors (Lipinski definition) is 5. The van der Waals surface area contributed by atoms with Crippen LogP contribution in [0.2, 0.25) is 0 Å². The zero-order valence-electron chi connectivity index (χ0n) is 7.97. The van der Waals surface area contributed by atoms with Gasteiger partial charge in [0.1, 0.15) is 5.41 Å². The number of carboxylic acid groups (broad SMARTS) is 1. The van der Waals surface area contributed by atoms with Gasteiger partial charge in [-0.05, 0) is 0 Å². The number of carbonyl (C=O) groups is 1. The van der Waals surface area contributed by atoms with Gasteiger partial charge in [0.2, 0.25) is 0 Å². The maximum Gasteiger partial charge on any atom is 0.315 e. The van der Waals surface area contributed by atoms with Crippen molar-refractivity contribution in [3.63, 3.8) is 0 Å². The Morgan fingerprint density at radius 1 is 1.00 bits per heavy atom. The fraction of sp³-hybridized carbons (Fsp3) is 0.875. The maximum absolute atomic E-state index is 10.9. The minimum absolute atomic E-state index is 0.642. The molecule has 0 saturated carbocycles. The third kappa shape index (κ3) is 1.74. The number of rotatable bonds is 6. The van der Waals surface area contributed by atoms with Crippen LogP contribution in [0.1, 0.15) is 6.92 Å². The Hall–Kier alpha value is -0.690. The lowest BCUT2D eigenvalue weighted by Crippen LogP contribution is -2.55. The largest absolute Gasteiger partial charge is 0.481 e. The van der Waals surface area contributed by atoms with Gasteiger partial charge in [0.15, 0.2) is 0 Å². The van der Waals surface area contributed by atoms with Gasteiger partial charge in [-0.15, -0.1) is 0 Å². The Kier molecular flexibility index (Phi) is 4.47. The summed E-state index contributed by atoms with van der Waals surface area (Å²) < 4.78 is 0. The van der Waals surface area contributed by atoms with E-state index in [0.717, 1.165) is 0 Å². The van der Waals surface area contributed by atoms with Crippen molar-refractivity contribution in [1.29, 1.82) is 0 Å². The molecular formula is C8H16O6. The summed E-state index contributed by atoms with van der Waals surface area (Å²) >= 11 is 0. The van der Waals surface area contributed by atoms with E-state index < -0.39 is 43.2 Å². The topological polar surface area (TPSA) is 118 Å². The average molecular weight is 208 g/mol. The van der Waals surface area contributed by atoms with Gasteiger partial charge in [-0.1, -0.05) is 6.92 Å². The number of carboxylic acids is 1. The smallest absolute Gasteiger partial charge is 0.315 e. The van der Waals surface area contributed by atoms with Crippen molar-refractivity contribution in [1.82, 2.24) is 0 Å². The highest BCUT2D eigenvalue weighted by molar-refractivity contribution is 5.76. The van der Waals surface area contributed by atoms with Gasteiger partial charge in [-0.3, -0.25) is 4.79 Å². The van der Waals surface area contributed by atoms with Crippen LogP contribution in [0.4, 0.5) is 0 Å². The van der Waals surface area contributed by atoms with Gasteiger partial charge in [-0.2, -0.15) is 0 Å². The van der Waals surface area contributed by atoms with E-state index in [2.05, 4.69) is 0 Å². The lowest BCUT2D eigenvalue weighted by Gasteiger charge is -2.40. The van der Waals surface area contributed by atoms with Crippen LogP contribution in [-0.4, -0.2) is 57.9 Å². The van der Waals surface area contributed by atoms with Gasteiger partial charge in [0, 0.05) is 5.41 Å². The van der Waals surface area contributed by atoms with Crippen molar-refractivity contribution in [2.24, 2.45) is 10.8 Å². The van der Waals surface area contributed by atoms with Crippen LogP contribution < -0.4 is 0 Å². The van der Waals surface area contributed by atoms with E-state index in [9.17, 15) is 4.79 Å². The molecule has 0 aliphatic carbocycles. The fourth-order valence-corrected chi connectivity index (χ4v) is 1.18. The highest BCUT2D eigenvalue weighted by Crippen LogP contribution is 2.38. The van der Waals surface area contributed by atoms with Crippen molar-refractivity contribution in [3.05, 3.63) is 0 Å². The molecule has 0 amide bonds. The highest BCUT2D eigenvalue weighted by atomic mass is 16.4. The zero-order chi connectivity index (χ0) is 11.4. The van der Waals surface area contributed by atoms with E-state index >= 15 is 0 Å². The number of aliphatic hydroxyl groups is 4. The number of hydrogen-bond acceptors (Lipinski definition) is 5. The normalized spacial score (nSPS) is 12.9. The first-order chi connectivity index (χ1) is 6.44. The average Bonchev–Trinajstić information content (AvgIpc) is 2.19. The Labute approximate surface area is 81.4 Å². The molecule has 0 aliphatic heterocycles. The number of aliphatic hydroxyl groups excluding tert-OH is 4. The fourth-order valence-electron chi connectivity index (χ4n) is 1.18. The molecule has 0 spiro atoms. The minimum Gasteiger partial charge on any atom is -0.481 e. The van der Waals surface area contributed by atoms with E-state index in [0.29, 0.717) is 0 Å². The summed E-state index contributed by atoms with van der Waals surface area (Å²) in [7, 11) is 0. The third-order valence-corrected chi connectivity index (χ3v) is 2.80. The molecule has 0 heterocycles. The molecule has 84 valence electrons. The zero-order valence-corrected chi connectivity index (χ0v) is 7.97. The SMILES string of the molecule is CC(CO)(CO)C(CO)(CO)C(=O)O. The molecule has 0 aliphatic rings. The summed E-state index contributed by atoms with van der Waals surface area (Å²) in [5.74, 6) is -1.45. The molecule has 0 aromatic rings. The van der Waals surface area contributed by atoms with E-state index in [-0.39, 0.29) is 0 Å². The monoisotopic (exact) mass is 208 g/mol. The van der Waals surface area contributed by atoms with E-state index in [4.69, 9.17) is 25.5 Å². The Morgan fingerprint density at radius 2 is 1.36 bits per heavy atom. The Bertz CT molecular complexity index is 194. The van der Waals surface area contributed by atoms with Crippen molar-refractivity contribution in [3.8, 4) is 0 Å². The van der Waals surface area contributed by atoms with Crippen molar-refractivity contribution < 1.29 is 30.3 Å². The molecule has 0 unspecified atom stereocenters. The van der Waals surface area contributed by atoms with E-state index in [1.807, 2.05) is 0 Å². The van der Waals surface area contributed by atoms with Crippen LogP contribution in [0.5, 0.6) is 0 Å². The van der Waals surface area contributed by atoms with Crippen LogP contribution in [-0.2, 0) is 4.79 Å². The molecule has 0 aromatic heterocycles. The molecule has 0 rings (SSSR count). The first kappa shape index (κ1) is 13.3.